The topological polar surface area (TPSA) is 56.1 Å². The van der Waals surface area contributed by atoms with E-state index in [1.165, 1.54) is 9.79 Å². The van der Waals surface area contributed by atoms with Gasteiger partial charge in [-0.05, 0) is 60.2 Å². The van der Waals surface area contributed by atoms with E-state index in [0.29, 0.717) is 11.5 Å². The highest BCUT2D eigenvalue weighted by Gasteiger charge is 2.47. The van der Waals surface area contributed by atoms with Gasteiger partial charge in [-0.1, -0.05) is 60.3 Å². The Morgan fingerprint density at radius 1 is 0.968 bits per heavy atom. The van der Waals surface area contributed by atoms with Gasteiger partial charge in [0.05, 0.1) is 12.1 Å². The van der Waals surface area contributed by atoms with Crippen molar-refractivity contribution in [2.75, 3.05) is 6.54 Å². The Morgan fingerprint density at radius 2 is 1.71 bits per heavy atom. The normalized spacial score (nSPS) is 21.6. The smallest absolute Gasteiger partial charge is 0.251 e. The Bertz CT molecular complexity index is 1120. The number of fused-ring (bicyclic) bond motifs is 2. The van der Waals surface area contributed by atoms with E-state index in [2.05, 4.69) is 41.8 Å². The second kappa shape index (κ2) is 8.49. The lowest BCUT2D eigenvalue weighted by molar-refractivity contribution is 0.0929. The molecule has 0 aromatic heterocycles. The van der Waals surface area contributed by atoms with Gasteiger partial charge in [0.15, 0.2) is 6.19 Å². The van der Waals surface area contributed by atoms with Crippen molar-refractivity contribution in [2.45, 2.75) is 34.7 Å². The van der Waals surface area contributed by atoms with Crippen LogP contribution in [0, 0.1) is 17.4 Å². The first-order valence-corrected chi connectivity index (χ1v) is 11.4. The molecular weight excluding hydrogens is 402 g/mol. The highest BCUT2D eigenvalue weighted by molar-refractivity contribution is 7.99. The molecule has 5 heteroatoms. The molecule has 3 aromatic rings. The summed E-state index contributed by atoms with van der Waals surface area (Å²) in [5, 5.41) is 12.5. The van der Waals surface area contributed by atoms with Crippen molar-refractivity contribution < 1.29 is 4.79 Å². The molecule has 2 bridgehead atoms. The molecule has 1 saturated carbocycles. The standard InChI is InChI=1S/C26H23N3OS/c27-17-29-16-20-14-15-23(29)25(20)28-26(30)19-12-10-18(11-13-19)22-8-4-5-9-24(22)31-21-6-2-1-3-7-21/h1-13,20,23,25H,14-16H2,(H,28,30)/t20?,23?,25-/m1/s1. The average molecular weight is 426 g/mol. The zero-order valence-corrected chi connectivity index (χ0v) is 17.9. The predicted molar refractivity (Wildman–Crippen MR) is 123 cm³/mol. The Morgan fingerprint density at radius 3 is 2.45 bits per heavy atom. The van der Waals surface area contributed by atoms with Crippen LogP contribution >= 0.6 is 11.8 Å². The number of nitrogens with one attached hydrogen (secondary N) is 1. The summed E-state index contributed by atoms with van der Waals surface area (Å²) >= 11 is 1.74. The molecule has 0 radical (unpaired) electrons. The Balaban J connectivity index is 1.32. The first-order chi connectivity index (χ1) is 15.2. The number of benzene rings is 3. The molecule has 1 N–H and O–H groups in total. The highest BCUT2D eigenvalue weighted by atomic mass is 32.2. The summed E-state index contributed by atoms with van der Waals surface area (Å²) in [5.41, 5.74) is 2.90. The van der Waals surface area contributed by atoms with Crippen molar-refractivity contribution >= 4 is 17.7 Å². The van der Waals surface area contributed by atoms with Crippen LogP contribution in [0.5, 0.6) is 0 Å². The predicted octanol–water partition coefficient (Wildman–Crippen LogP) is 5.18. The minimum absolute atomic E-state index is 0.0554. The minimum Gasteiger partial charge on any atom is -0.347 e. The van der Waals surface area contributed by atoms with Crippen LogP contribution in [-0.4, -0.2) is 29.4 Å². The van der Waals surface area contributed by atoms with Gasteiger partial charge in [-0.3, -0.25) is 4.79 Å². The van der Waals surface area contributed by atoms with Gasteiger partial charge >= 0.3 is 0 Å². The van der Waals surface area contributed by atoms with Crippen LogP contribution in [0.2, 0.25) is 0 Å². The second-order valence-corrected chi connectivity index (χ2v) is 9.26. The number of likely N-dealkylation sites (tertiary alicyclic amines) is 1. The quantitative estimate of drug-likeness (QED) is 0.573. The number of piperidine rings is 1. The van der Waals surface area contributed by atoms with E-state index in [1.807, 2.05) is 53.4 Å². The molecule has 154 valence electrons. The lowest BCUT2D eigenvalue weighted by atomic mass is 10.0. The molecule has 1 saturated heterocycles. The lowest BCUT2D eigenvalue weighted by Crippen LogP contribution is -2.42. The molecule has 4 nitrogen and oxygen atoms in total. The van der Waals surface area contributed by atoms with E-state index in [9.17, 15) is 10.1 Å². The maximum Gasteiger partial charge on any atom is 0.251 e. The van der Waals surface area contributed by atoms with Gasteiger partial charge in [0, 0.05) is 21.9 Å². The van der Waals surface area contributed by atoms with Gasteiger partial charge in [0.25, 0.3) is 5.91 Å². The summed E-state index contributed by atoms with van der Waals surface area (Å²) in [6.45, 7) is 0.765. The van der Waals surface area contributed by atoms with Crippen LogP contribution in [0.1, 0.15) is 23.2 Å². The molecule has 1 aliphatic heterocycles. The Hall–Kier alpha value is -3.23. The van der Waals surface area contributed by atoms with Crippen LogP contribution in [-0.2, 0) is 0 Å². The molecule has 1 heterocycles. The van der Waals surface area contributed by atoms with Crippen LogP contribution in [0.3, 0.4) is 0 Å². The fraction of sp³-hybridized carbons (Fsp3) is 0.231. The van der Waals surface area contributed by atoms with Crippen LogP contribution < -0.4 is 5.32 Å². The monoisotopic (exact) mass is 425 g/mol. The molecule has 3 aromatic carbocycles. The van der Waals surface area contributed by atoms with Crippen LogP contribution in [0.25, 0.3) is 11.1 Å². The van der Waals surface area contributed by atoms with Crippen molar-refractivity contribution in [3.8, 4) is 17.3 Å². The molecule has 2 unspecified atom stereocenters. The summed E-state index contributed by atoms with van der Waals surface area (Å²) < 4.78 is 0. The minimum atomic E-state index is -0.0554. The molecule has 1 amide bonds. The van der Waals surface area contributed by atoms with Crippen molar-refractivity contribution in [1.29, 1.82) is 5.26 Å². The van der Waals surface area contributed by atoms with E-state index in [0.717, 1.165) is 30.5 Å². The van der Waals surface area contributed by atoms with Crippen LogP contribution in [0.15, 0.2) is 88.7 Å². The maximum atomic E-state index is 12.9. The number of amides is 1. The van der Waals surface area contributed by atoms with E-state index in [-0.39, 0.29) is 18.0 Å². The number of nitriles is 1. The number of carbonyl (C=O) groups is 1. The second-order valence-electron chi connectivity index (χ2n) is 8.15. The fourth-order valence-corrected chi connectivity index (χ4v) is 5.76. The third-order valence-corrected chi connectivity index (χ3v) is 7.41. The zero-order chi connectivity index (χ0) is 21.2. The van der Waals surface area contributed by atoms with Gasteiger partial charge in [-0.2, -0.15) is 5.26 Å². The fourth-order valence-electron chi connectivity index (χ4n) is 4.78. The van der Waals surface area contributed by atoms with Crippen molar-refractivity contribution in [3.63, 3.8) is 0 Å². The number of hydrogen-bond donors (Lipinski definition) is 1. The molecule has 5 rings (SSSR count). The van der Waals surface area contributed by atoms with E-state index in [1.54, 1.807) is 11.8 Å². The summed E-state index contributed by atoms with van der Waals surface area (Å²) in [6.07, 6.45) is 4.34. The van der Waals surface area contributed by atoms with Gasteiger partial charge in [-0.25, -0.2) is 0 Å². The lowest BCUT2D eigenvalue weighted by Gasteiger charge is -2.21. The van der Waals surface area contributed by atoms with Crippen LogP contribution in [0.4, 0.5) is 0 Å². The largest absolute Gasteiger partial charge is 0.347 e. The SMILES string of the molecule is N#CN1CC2CCC1[C@@H]2NC(=O)c1ccc(-c2ccccc2Sc2ccccc2)cc1. The maximum absolute atomic E-state index is 12.9. The zero-order valence-electron chi connectivity index (χ0n) is 17.1. The number of nitrogens with zero attached hydrogens (tertiary/aromatic N) is 2. The first-order valence-electron chi connectivity index (χ1n) is 10.6. The molecule has 0 spiro atoms. The summed E-state index contributed by atoms with van der Waals surface area (Å²) in [5.74, 6) is 0.329. The molecule has 1 aliphatic carbocycles. The number of carbonyl (C=O) groups excluding carboxylic acids is 1. The average Bonchev–Trinajstić information content (AvgIpc) is 3.36. The molecule has 2 aliphatic rings. The Labute approximate surface area is 186 Å². The van der Waals surface area contributed by atoms with E-state index >= 15 is 0 Å². The van der Waals surface area contributed by atoms with E-state index < -0.39 is 0 Å². The molecular formula is C26H23N3OS. The Kier molecular flexibility index (Phi) is 5.40. The molecule has 3 atom stereocenters. The number of rotatable bonds is 5. The first kappa shape index (κ1) is 19.7. The molecule has 31 heavy (non-hydrogen) atoms. The summed E-state index contributed by atoms with van der Waals surface area (Å²) in [7, 11) is 0. The third kappa shape index (κ3) is 3.92. The van der Waals surface area contributed by atoms with E-state index in [4.69, 9.17) is 0 Å². The van der Waals surface area contributed by atoms with Gasteiger partial charge in [0.2, 0.25) is 0 Å². The third-order valence-electron chi connectivity index (χ3n) is 6.33. The summed E-state index contributed by atoms with van der Waals surface area (Å²) in [4.78, 5) is 17.1. The molecule has 2 fully saturated rings. The summed E-state index contributed by atoms with van der Waals surface area (Å²) in [6, 6.07) is 26.7. The van der Waals surface area contributed by atoms with Crippen molar-refractivity contribution in [1.82, 2.24) is 10.2 Å². The number of hydrogen-bond acceptors (Lipinski definition) is 4. The van der Waals surface area contributed by atoms with Gasteiger partial charge < -0.3 is 10.2 Å². The van der Waals surface area contributed by atoms with Crippen molar-refractivity contribution in [3.05, 3.63) is 84.4 Å². The highest BCUT2D eigenvalue weighted by Crippen LogP contribution is 2.38. The van der Waals surface area contributed by atoms with Gasteiger partial charge in [-0.15, -0.1) is 0 Å². The van der Waals surface area contributed by atoms with Crippen molar-refractivity contribution in [2.24, 2.45) is 5.92 Å². The van der Waals surface area contributed by atoms with Gasteiger partial charge in [0.1, 0.15) is 0 Å².